The van der Waals surface area contributed by atoms with Crippen molar-refractivity contribution in [2.24, 2.45) is 0 Å². The van der Waals surface area contributed by atoms with Gasteiger partial charge < -0.3 is 4.90 Å². The van der Waals surface area contributed by atoms with Crippen molar-refractivity contribution in [1.29, 1.82) is 5.26 Å². The molecule has 104 valence electrons. The first-order valence-electron chi connectivity index (χ1n) is 6.61. The Hall–Kier alpha value is -2.32. The smallest absolute Gasteiger partial charge is 0.240 e. The van der Waals surface area contributed by atoms with Gasteiger partial charge in [-0.3, -0.25) is 9.78 Å². The van der Waals surface area contributed by atoms with Crippen molar-refractivity contribution < 1.29 is 4.79 Å². The lowest BCUT2D eigenvalue weighted by atomic mass is 10.1. The highest BCUT2D eigenvalue weighted by atomic mass is 32.2. The first-order valence-corrected chi connectivity index (χ1v) is 7.49. The van der Waals surface area contributed by atoms with Crippen LogP contribution in [0.5, 0.6) is 0 Å². The van der Waals surface area contributed by atoms with Crippen molar-refractivity contribution in [1.82, 2.24) is 4.98 Å². The van der Waals surface area contributed by atoms with Crippen LogP contribution in [0.2, 0.25) is 0 Å². The third-order valence-electron chi connectivity index (χ3n) is 3.34. The lowest BCUT2D eigenvalue weighted by Gasteiger charge is -2.32. The summed E-state index contributed by atoms with van der Waals surface area (Å²) < 4.78 is 0. The van der Waals surface area contributed by atoms with Crippen LogP contribution < -0.4 is 4.90 Å². The molecule has 0 aliphatic carbocycles. The van der Waals surface area contributed by atoms with Crippen LogP contribution in [0.3, 0.4) is 0 Å². The number of anilines is 1. The molecule has 0 bridgehead atoms. The number of thioether (sulfide) groups is 1. The van der Waals surface area contributed by atoms with Crippen LogP contribution in [0.4, 0.5) is 5.69 Å². The summed E-state index contributed by atoms with van der Waals surface area (Å²) in [4.78, 5) is 19.5. The number of benzene rings is 1. The molecule has 4 nitrogen and oxygen atoms in total. The minimum absolute atomic E-state index is 0.0493. The maximum absolute atomic E-state index is 12.5. The predicted octanol–water partition coefficient (Wildman–Crippen LogP) is 2.98. The molecule has 2 heterocycles. The van der Waals surface area contributed by atoms with Gasteiger partial charge >= 0.3 is 0 Å². The van der Waals surface area contributed by atoms with Gasteiger partial charge in [0.25, 0.3) is 0 Å². The van der Waals surface area contributed by atoms with Gasteiger partial charge in [-0.15, -0.1) is 11.8 Å². The first-order chi connectivity index (χ1) is 10.2. The maximum Gasteiger partial charge on any atom is 0.240 e. The summed E-state index contributed by atoms with van der Waals surface area (Å²) in [6.45, 7) is 2.33. The van der Waals surface area contributed by atoms with Crippen LogP contribution in [-0.2, 0) is 11.3 Å². The fourth-order valence-electron chi connectivity index (χ4n) is 2.29. The van der Waals surface area contributed by atoms with Crippen molar-refractivity contribution in [3.8, 4) is 6.07 Å². The molecule has 0 saturated carbocycles. The molecule has 21 heavy (non-hydrogen) atoms. The Morgan fingerprint density at radius 1 is 1.38 bits per heavy atom. The Kier molecular flexibility index (Phi) is 3.63. The van der Waals surface area contributed by atoms with E-state index in [-0.39, 0.29) is 11.2 Å². The van der Waals surface area contributed by atoms with E-state index in [1.807, 2.05) is 31.2 Å². The zero-order valence-corrected chi connectivity index (χ0v) is 12.3. The second kappa shape index (κ2) is 5.58. The molecular weight excluding hydrogens is 282 g/mol. The molecule has 1 amide bonds. The van der Waals surface area contributed by atoms with Gasteiger partial charge in [-0.2, -0.15) is 5.26 Å². The number of carbonyl (C=O) groups is 1. The van der Waals surface area contributed by atoms with Crippen LogP contribution in [-0.4, -0.2) is 16.1 Å². The standard InChI is InChI=1S/C16H13N3OS/c1-11-16(20)19(10-13-4-2-3-7-18-13)14-8-12(9-17)5-6-15(14)21-11/h2-8,11H,10H2,1H3. The Morgan fingerprint density at radius 3 is 2.95 bits per heavy atom. The van der Waals surface area contributed by atoms with Gasteiger partial charge in [0.2, 0.25) is 5.91 Å². The van der Waals surface area contributed by atoms with Gasteiger partial charge in [0, 0.05) is 11.1 Å². The fraction of sp³-hybridized carbons (Fsp3) is 0.188. The van der Waals surface area contributed by atoms with E-state index in [1.165, 1.54) is 11.8 Å². The average molecular weight is 295 g/mol. The summed E-state index contributed by atoms with van der Waals surface area (Å²) in [6.07, 6.45) is 1.72. The highest BCUT2D eigenvalue weighted by Gasteiger charge is 2.31. The second-order valence-corrected chi connectivity index (χ2v) is 6.18. The molecule has 1 unspecified atom stereocenters. The highest BCUT2D eigenvalue weighted by molar-refractivity contribution is 8.00. The maximum atomic E-state index is 12.5. The van der Waals surface area contributed by atoms with Crippen LogP contribution in [0.1, 0.15) is 18.2 Å². The number of carbonyl (C=O) groups excluding carboxylic acids is 1. The Morgan fingerprint density at radius 2 is 2.24 bits per heavy atom. The molecule has 1 atom stereocenters. The quantitative estimate of drug-likeness (QED) is 0.854. The summed E-state index contributed by atoms with van der Waals surface area (Å²) >= 11 is 1.53. The van der Waals surface area contributed by atoms with E-state index in [1.54, 1.807) is 23.2 Å². The molecular formula is C16H13N3OS. The van der Waals surface area contributed by atoms with Gasteiger partial charge in [0.15, 0.2) is 0 Å². The van der Waals surface area contributed by atoms with Crippen LogP contribution in [0.25, 0.3) is 0 Å². The number of hydrogen-bond acceptors (Lipinski definition) is 4. The van der Waals surface area contributed by atoms with E-state index in [0.717, 1.165) is 16.3 Å². The number of hydrogen-bond donors (Lipinski definition) is 0. The number of nitrogens with zero attached hydrogens (tertiary/aromatic N) is 3. The molecule has 0 N–H and O–H groups in total. The third kappa shape index (κ3) is 2.63. The molecule has 1 aromatic carbocycles. The zero-order valence-electron chi connectivity index (χ0n) is 11.5. The molecule has 3 rings (SSSR count). The molecule has 1 aliphatic heterocycles. The third-order valence-corrected chi connectivity index (χ3v) is 4.50. The summed E-state index contributed by atoms with van der Waals surface area (Å²) in [5, 5.41) is 8.93. The van der Waals surface area contributed by atoms with Crippen molar-refractivity contribution in [2.75, 3.05) is 4.90 Å². The summed E-state index contributed by atoms with van der Waals surface area (Å²) in [5.41, 5.74) is 2.19. The van der Waals surface area contributed by atoms with Crippen molar-refractivity contribution in [3.05, 3.63) is 53.9 Å². The number of nitriles is 1. The molecule has 0 spiro atoms. The van der Waals surface area contributed by atoms with Crippen LogP contribution in [0.15, 0.2) is 47.5 Å². The lowest BCUT2D eigenvalue weighted by Crippen LogP contribution is -2.39. The number of aromatic nitrogens is 1. The fourth-order valence-corrected chi connectivity index (χ4v) is 3.34. The summed E-state index contributed by atoms with van der Waals surface area (Å²) in [7, 11) is 0. The minimum atomic E-state index is -0.130. The van der Waals surface area contributed by atoms with E-state index >= 15 is 0 Å². The lowest BCUT2D eigenvalue weighted by molar-refractivity contribution is -0.118. The van der Waals surface area contributed by atoms with Gasteiger partial charge in [-0.1, -0.05) is 6.07 Å². The second-order valence-electron chi connectivity index (χ2n) is 4.80. The molecule has 1 aliphatic rings. The zero-order chi connectivity index (χ0) is 14.8. The van der Waals surface area contributed by atoms with E-state index < -0.39 is 0 Å². The van der Waals surface area contributed by atoms with Crippen LogP contribution in [0, 0.1) is 11.3 Å². The topological polar surface area (TPSA) is 57.0 Å². The largest absolute Gasteiger partial charge is 0.304 e. The first kappa shape index (κ1) is 13.7. The predicted molar refractivity (Wildman–Crippen MR) is 81.9 cm³/mol. The normalized spacial score (nSPS) is 17.2. The summed E-state index contributed by atoms with van der Waals surface area (Å²) in [5.74, 6) is 0.0493. The van der Waals surface area contributed by atoms with E-state index in [9.17, 15) is 4.79 Å². The van der Waals surface area contributed by atoms with Gasteiger partial charge in [0.1, 0.15) is 0 Å². The molecule has 0 radical (unpaired) electrons. The van der Waals surface area contributed by atoms with Gasteiger partial charge in [-0.25, -0.2) is 0 Å². The summed E-state index contributed by atoms with van der Waals surface area (Å²) in [6, 6.07) is 13.2. The van der Waals surface area contributed by atoms with Crippen LogP contribution >= 0.6 is 11.8 Å². The van der Waals surface area contributed by atoms with E-state index in [2.05, 4.69) is 11.1 Å². The average Bonchev–Trinajstić information content (AvgIpc) is 2.52. The van der Waals surface area contributed by atoms with E-state index in [4.69, 9.17) is 5.26 Å². The van der Waals surface area contributed by atoms with Crippen molar-refractivity contribution in [3.63, 3.8) is 0 Å². The molecule has 2 aromatic rings. The number of fused-ring (bicyclic) bond motifs is 1. The monoisotopic (exact) mass is 295 g/mol. The molecule has 0 saturated heterocycles. The van der Waals surface area contributed by atoms with Crippen molar-refractivity contribution >= 4 is 23.4 Å². The SMILES string of the molecule is CC1Sc2ccc(C#N)cc2N(Cc2ccccn2)C1=O. The Balaban J connectivity index is 2.03. The molecule has 1 aromatic heterocycles. The number of rotatable bonds is 2. The number of pyridine rings is 1. The number of amides is 1. The Bertz CT molecular complexity index is 724. The molecule has 0 fully saturated rings. The molecule has 5 heteroatoms. The van der Waals surface area contributed by atoms with E-state index in [0.29, 0.717) is 12.1 Å². The highest BCUT2D eigenvalue weighted by Crippen LogP contribution is 2.40. The Labute approximate surface area is 127 Å². The van der Waals surface area contributed by atoms with Gasteiger partial charge in [0.05, 0.1) is 34.8 Å². The van der Waals surface area contributed by atoms with Gasteiger partial charge in [-0.05, 0) is 37.3 Å². The minimum Gasteiger partial charge on any atom is -0.304 e. The van der Waals surface area contributed by atoms with Crippen molar-refractivity contribution in [2.45, 2.75) is 23.6 Å².